The van der Waals surface area contributed by atoms with Gasteiger partial charge in [0.1, 0.15) is 0 Å². The lowest BCUT2D eigenvalue weighted by Gasteiger charge is -2.44. The first-order chi connectivity index (χ1) is 15.5. The van der Waals surface area contributed by atoms with E-state index >= 15 is 0 Å². The molecule has 9 heteroatoms. The van der Waals surface area contributed by atoms with Gasteiger partial charge in [-0.2, -0.15) is 5.10 Å². The summed E-state index contributed by atoms with van der Waals surface area (Å²) in [4.78, 5) is 31.9. The number of hydrogen-bond acceptors (Lipinski definition) is 6. The van der Waals surface area contributed by atoms with E-state index in [-0.39, 0.29) is 17.4 Å². The summed E-state index contributed by atoms with van der Waals surface area (Å²) >= 11 is 0. The minimum atomic E-state index is -0.254. The third-order valence-electron chi connectivity index (χ3n) is 7.66. The molecular weight excluding hydrogens is 410 g/mol. The number of aryl methyl sites for hydroxylation is 1. The molecule has 3 saturated heterocycles. The van der Waals surface area contributed by atoms with Crippen molar-refractivity contribution in [2.24, 2.45) is 7.05 Å². The Kier molecular flexibility index (Phi) is 6.22. The van der Waals surface area contributed by atoms with E-state index in [9.17, 15) is 9.59 Å². The van der Waals surface area contributed by atoms with E-state index < -0.39 is 0 Å². The van der Waals surface area contributed by atoms with Crippen LogP contribution in [0.5, 0.6) is 0 Å². The second-order valence-electron chi connectivity index (χ2n) is 9.63. The molecule has 1 spiro atoms. The summed E-state index contributed by atoms with van der Waals surface area (Å²) < 4.78 is 13.7. The van der Waals surface area contributed by atoms with Gasteiger partial charge in [0.25, 0.3) is 5.91 Å². The Morgan fingerprint density at radius 3 is 2.44 bits per heavy atom. The quantitative estimate of drug-likeness (QED) is 0.683. The average molecular weight is 446 g/mol. The minimum Gasteiger partial charge on any atom is -0.379 e. The number of aromatic nitrogens is 2. The van der Waals surface area contributed by atoms with Gasteiger partial charge in [0.2, 0.25) is 5.91 Å². The predicted molar refractivity (Wildman–Crippen MR) is 117 cm³/mol. The predicted octanol–water partition coefficient (Wildman–Crippen LogP) is 0.812. The van der Waals surface area contributed by atoms with Crippen LogP contribution in [0.25, 0.3) is 0 Å². The first-order valence-electron chi connectivity index (χ1n) is 12.1. The van der Waals surface area contributed by atoms with Gasteiger partial charge < -0.3 is 19.3 Å². The summed E-state index contributed by atoms with van der Waals surface area (Å²) in [6, 6.07) is 0. The number of ether oxygens (including phenoxy) is 2. The molecule has 3 fully saturated rings. The number of hydrogen-bond donors (Lipinski definition) is 0. The van der Waals surface area contributed by atoms with Crippen molar-refractivity contribution in [2.75, 3.05) is 59.0 Å². The lowest BCUT2D eigenvalue weighted by atomic mass is 9.83. The molecule has 0 aliphatic carbocycles. The van der Waals surface area contributed by atoms with Gasteiger partial charge in [0.15, 0.2) is 5.69 Å². The zero-order chi connectivity index (χ0) is 22.1. The number of rotatable bonds is 4. The van der Waals surface area contributed by atoms with Gasteiger partial charge in [0, 0.05) is 77.0 Å². The van der Waals surface area contributed by atoms with Crippen LogP contribution in [-0.4, -0.2) is 101 Å². The summed E-state index contributed by atoms with van der Waals surface area (Å²) in [7, 11) is 1.93. The number of nitrogens with zero attached hydrogens (tertiary/aromatic N) is 5. The molecule has 0 aromatic carbocycles. The Labute approximate surface area is 189 Å². The SMILES string of the molecule is Cn1nc(C(=O)N2CCCC2)c2c1CC1(CCN(C(=O)CCN3CCOCC3)CC1)OC2. The fourth-order valence-corrected chi connectivity index (χ4v) is 5.52. The Bertz CT molecular complexity index is 849. The lowest BCUT2D eigenvalue weighted by molar-refractivity contribution is -0.141. The highest BCUT2D eigenvalue weighted by Crippen LogP contribution is 2.37. The van der Waals surface area contributed by atoms with Crippen LogP contribution in [-0.2, 0) is 34.3 Å². The molecule has 1 aromatic heterocycles. The molecule has 0 unspecified atom stereocenters. The number of piperidine rings is 1. The van der Waals surface area contributed by atoms with Crippen LogP contribution < -0.4 is 0 Å². The van der Waals surface area contributed by atoms with Crippen molar-refractivity contribution in [1.82, 2.24) is 24.5 Å². The average Bonchev–Trinajstić information content (AvgIpc) is 3.47. The number of likely N-dealkylation sites (tertiary alicyclic amines) is 2. The van der Waals surface area contributed by atoms with E-state index in [1.165, 1.54) is 0 Å². The van der Waals surface area contributed by atoms with E-state index in [0.717, 1.165) is 102 Å². The summed E-state index contributed by atoms with van der Waals surface area (Å²) in [5.74, 6) is 0.279. The van der Waals surface area contributed by atoms with Crippen LogP contribution in [0.2, 0.25) is 0 Å². The van der Waals surface area contributed by atoms with Crippen molar-refractivity contribution in [1.29, 1.82) is 0 Å². The number of carbonyl (C=O) groups excluding carboxylic acids is 2. The second-order valence-corrected chi connectivity index (χ2v) is 9.63. The normalized spacial score (nSPS) is 23.5. The molecule has 4 aliphatic heterocycles. The standard InChI is InChI=1S/C23H35N5O4/c1-25-19-16-23(32-17-18(19)21(24-25)22(30)28-7-2-3-8-28)5-10-27(11-6-23)20(29)4-9-26-12-14-31-15-13-26/h2-17H2,1H3. The van der Waals surface area contributed by atoms with Crippen LogP contribution in [0.1, 0.15) is 53.8 Å². The smallest absolute Gasteiger partial charge is 0.274 e. The fraction of sp³-hybridized carbons (Fsp3) is 0.783. The highest BCUT2D eigenvalue weighted by molar-refractivity contribution is 5.94. The molecule has 9 nitrogen and oxygen atoms in total. The number of carbonyl (C=O) groups is 2. The van der Waals surface area contributed by atoms with Gasteiger partial charge in [0.05, 0.1) is 25.4 Å². The van der Waals surface area contributed by atoms with Crippen LogP contribution in [0.15, 0.2) is 0 Å². The molecule has 0 bridgehead atoms. The zero-order valence-electron chi connectivity index (χ0n) is 19.2. The van der Waals surface area contributed by atoms with Crippen molar-refractivity contribution in [3.63, 3.8) is 0 Å². The summed E-state index contributed by atoms with van der Waals surface area (Å²) in [5.41, 5.74) is 2.38. The van der Waals surface area contributed by atoms with Crippen molar-refractivity contribution in [3.8, 4) is 0 Å². The van der Waals surface area contributed by atoms with Crippen molar-refractivity contribution < 1.29 is 19.1 Å². The largest absolute Gasteiger partial charge is 0.379 e. The maximum atomic E-state index is 12.9. The molecule has 1 aromatic rings. The number of fused-ring (bicyclic) bond motifs is 1. The van der Waals surface area contributed by atoms with Gasteiger partial charge in [-0.3, -0.25) is 19.2 Å². The topological polar surface area (TPSA) is 80.1 Å². The summed E-state index contributed by atoms with van der Waals surface area (Å²) in [6.07, 6.45) is 5.13. The summed E-state index contributed by atoms with van der Waals surface area (Å²) in [6.45, 7) is 7.71. The Morgan fingerprint density at radius 2 is 1.72 bits per heavy atom. The third-order valence-corrected chi connectivity index (χ3v) is 7.66. The maximum Gasteiger partial charge on any atom is 0.274 e. The number of morpholine rings is 1. The molecule has 0 saturated carbocycles. The van der Waals surface area contributed by atoms with Gasteiger partial charge in [-0.15, -0.1) is 0 Å². The highest BCUT2D eigenvalue weighted by Gasteiger charge is 2.43. The van der Waals surface area contributed by atoms with E-state index in [2.05, 4.69) is 10.00 Å². The van der Waals surface area contributed by atoms with Gasteiger partial charge in [-0.25, -0.2) is 0 Å². The first-order valence-corrected chi connectivity index (χ1v) is 12.1. The fourth-order valence-electron chi connectivity index (χ4n) is 5.52. The van der Waals surface area contributed by atoms with Crippen LogP contribution in [0, 0.1) is 0 Å². The maximum absolute atomic E-state index is 12.9. The summed E-state index contributed by atoms with van der Waals surface area (Å²) in [5, 5.41) is 4.59. The zero-order valence-corrected chi connectivity index (χ0v) is 19.2. The second kappa shape index (κ2) is 9.11. The third kappa shape index (κ3) is 4.30. The Hall–Kier alpha value is -1.97. The minimum absolute atomic E-state index is 0.0413. The molecule has 0 N–H and O–H groups in total. The number of amides is 2. The molecule has 0 atom stereocenters. The Balaban J connectivity index is 1.18. The Morgan fingerprint density at radius 1 is 1.00 bits per heavy atom. The van der Waals surface area contributed by atoms with Crippen LogP contribution >= 0.6 is 0 Å². The molecule has 5 heterocycles. The molecule has 176 valence electrons. The van der Waals surface area contributed by atoms with E-state index in [4.69, 9.17) is 9.47 Å². The molecular formula is C23H35N5O4. The van der Waals surface area contributed by atoms with Gasteiger partial charge in [-0.05, 0) is 25.7 Å². The van der Waals surface area contributed by atoms with E-state index in [0.29, 0.717) is 18.7 Å². The highest BCUT2D eigenvalue weighted by atomic mass is 16.5. The van der Waals surface area contributed by atoms with Crippen molar-refractivity contribution in [2.45, 2.75) is 50.7 Å². The molecule has 4 aliphatic rings. The van der Waals surface area contributed by atoms with Crippen LogP contribution in [0.4, 0.5) is 0 Å². The van der Waals surface area contributed by atoms with Crippen molar-refractivity contribution >= 4 is 11.8 Å². The first kappa shape index (κ1) is 21.9. The van der Waals surface area contributed by atoms with Gasteiger partial charge >= 0.3 is 0 Å². The monoisotopic (exact) mass is 445 g/mol. The van der Waals surface area contributed by atoms with Crippen LogP contribution in [0.3, 0.4) is 0 Å². The lowest BCUT2D eigenvalue weighted by Crippen LogP contribution is -2.51. The van der Waals surface area contributed by atoms with Crippen molar-refractivity contribution in [3.05, 3.63) is 17.0 Å². The van der Waals surface area contributed by atoms with Gasteiger partial charge in [-0.1, -0.05) is 0 Å². The van der Waals surface area contributed by atoms with E-state index in [1.54, 1.807) is 0 Å². The molecule has 32 heavy (non-hydrogen) atoms. The molecule has 2 amide bonds. The molecule has 5 rings (SSSR count). The molecule has 0 radical (unpaired) electrons. The van der Waals surface area contributed by atoms with E-state index in [1.807, 2.05) is 21.5 Å².